The first kappa shape index (κ1) is 13.1. The Kier molecular flexibility index (Phi) is 3.44. The molecular weight excluding hydrogens is 254 g/mol. The molecule has 20 heavy (non-hydrogen) atoms. The van der Waals surface area contributed by atoms with Gasteiger partial charge in [0, 0.05) is 25.5 Å². The first-order valence-electron chi connectivity index (χ1n) is 7.01. The van der Waals surface area contributed by atoms with Gasteiger partial charge in [-0.05, 0) is 37.9 Å². The summed E-state index contributed by atoms with van der Waals surface area (Å²) in [7, 11) is 0. The van der Waals surface area contributed by atoms with Gasteiger partial charge in [-0.2, -0.15) is 0 Å². The number of nitrogens with zero attached hydrogens (tertiary/aromatic N) is 3. The fourth-order valence-electron chi connectivity index (χ4n) is 2.86. The maximum absolute atomic E-state index is 11.1. The molecule has 1 fully saturated rings. The Balaban J connectivity index is 1.74. The van der Waals surface area contributed by atoms with Gasteiger partial charge in [0.05, 0.1) is 11.6 Å². The zero-order valence-electron chi connectivity index (χ0n) is 11.6. The fraction of sp³-hybridized carbons (Fsp3) is 0.467. The van der Waals surface area contributed by atoms with Crippen molar-refractivity contribution in [2.45, 2.75) is 26.3 Å². The molecule has 1 atom stereocenters. The number of pyridine rings is 1. The Hall–Kier alpha value is -1.88. The average Bonchev–Trinajstić information content (AvgIpc) is 2.80. The number of aromatic nitrogens is 2. The van der Waals surface area contributed by atoms with Gasteiger partial charge in [0.1, 0.15) is 5.65 Å². The lowest BCUT2D eigenvalue weighted by atomic mass is 9.98. The number of aliphatic carboxylic acids is 1. The monoisotopic (exact) mass is 273 g/mol. The predicted molar refractivity (Wildman–Crippen MR) is 75.6 cm³/mol. The van der Waals surface area contributed by atoms with Crippen LogP contribution in [0.4, 0.5) is 0 Å². The van der Waals surface area contributed by atoms with Crippen molar-refractivity contribution in [2.24, 2.45) is 5.92 Å². The fourth-order valence-corrected chi connectivity index (χ4v) is 2.86. The van der Waals surface area contributed by atoms with Crippen LogP contribution in [0.5, 0.6) is 0 Å². The molecule has 0 aliphatic carbocycles. The molecule has 2 aromatic rings. The minimum Gasteiger partial charge on any atom is -0.481 e. The van der Waals surface area contributed by atoms with Crippen molar-refractivity contribution in [1.82, 2.24) is 14.3 Å². The smallest absolute Gasteiger partial charge is 0.307 e. The Morgan fingerprint density at radius 1 is 1.45 bits per heavy atom. The number of aryl methyl sites for hydroxylation is 1. The predicted octanol–water partition coefficient (Wildman–Crippen LogP) is 1.94. The zero-order valence-corrected chi connectivity index (χ0v) is 11.6. The van der Waals surface area contributed by atoms with E-state index < -0.39 is 5.97 Å². The van der Waals surface area contributed by atoms with Gasteiger partial charge in [0.15, 0.2) is 0 Å². The largest absolute Gasteiger partial charge is 0.481 e. The third-order valence-electron chi connectivity index (χ3n) is 3.89. The highest BCUT2D eigenvalue weighted by Gasteiger charge is 2.25. The van der Waals surface area contributed by atoms with Crippen LogP contribution in [0.2, 0.25) is 0 Å². The highest BCUT2D eigenvalue weighted by Crippen LogP contribution is 2.19. The Morgan fingerprint density at radius 2 is 2.30 bits per heavy atom. The summed E-state index contributed by atoms with van der Waals surface area (Å²) in [5.41, 5.74) is 3.14. The molecule has 5 nitrogen and oxygen atoms in total. The molecule has 1 saturated heterocycles. The molecule has 5 heteroatoms. The van der Waals surface area contributed by atoms with E-state index in [4.69, 9.17) is 5.11 Å². The number of rotatable bonds is 3. The Labute approximate surface area is 117 Å². The molecule has 0 radical (unpaired) electrons. The number of fused-ring (bicyclic) bond motifs is 1. The van der Waals surface area contributed by atoms with Gasteiger partial charge in [0.25, 0.3) is 0 Å². The number of hydrogen-bond donors (Lipinski definition) is 1. The van der Waals surface area contributed by atoms with Gasteiger partial charge in [-0.15, -0.1) is 0 Å². The third kappa shape index (κ3) is 2.67. The van der Waals surface area contributed by atoms with E-state index in [1.54, 1.807) is 0 Å². The lowest BCUT2D eigenvalue weighted by Gasteiger charge is -2.29. The van der Waals surface area contributed by atoms with Crippen LogP contribution in [-0.2, 0) is 11.3 Å². The van der Waals surface area contributed by atoms with E-state index in [1.807, 2.05) is 22.7 Å². The highest BCUT2D eigenvalue weighted by atomic mass is 16.4. The highest BCUT2D eigenvalue weighted by molar-refractivity contribution is 5.70. The molecule has 3 rings (SSSR count). The summed E-state index contributed by atoms with van der Waals surface area (Å²) in [6.07, 6.45) is 5.83. The van der Waals surface area contributed by atoms with Gasteiger partial charge in [-0.25, -0.2) is 4.98 Å². The number of imidazole rings is 1. The van der Waals surface area contributed by atoms with E-state index in [2.05, 4.69) is 23.0 Å². The molecule has 2 aromatic heterocycles. The molecule has 1 N–H and O–H groups in total. The topological polar surface area (TPSA) is 57.8 Å². The lowest BCUT2D eigenvalue weighted by molar-refractivity contribution is -0.143. The van der Waals surface area contributed by atoms with Crippen molar-refractivity contribution in [3.63, 3.8) is 0 Å². The molecule has 1 aliphatic rings. The molecule has 106 valence electrons. The molecule has 0 spiro atoms. The zero-order chi connectivity index (χ0) is 14.1. The minimum atomic E-state index is -0.680. The van der Waals surface area contributed by atoms with Crippen molar-refractivity contribution in [3.8, 4) is 0 Å². The molecule has 0 bridgehead atoms. The van der Waals surface area contributed by atoms with E-state index in [0.717, 1.165) is 37.3 Å². The number of piperidine rings is 1. The Morgan fingerprint density at radius 3 is 3.10 bits per heavy atom. The summed E-state index contributed by atoms with van der Waals surface area (Å²) < 4.78 is 2.03. The van der Waals surface area contributed by atoms with Crippen LogP contribution in [0.1, 0.15) is 24.1 Å². The van der Waals surface area contributed by atoms with Crippen molar-refractivity contribution >= 4 is 11.6 Å². The number of likely N-dealkylation sites (tertiary alicyclic amines) is 1. The Bertz CT molecular complexity index is 635. The number of carboxylic acids is 1. The quantitative estimate of drug-likeness (QED) is 0.928. The van der Waals surface area contributed by atoms with Gasteiger partial charge in [-0.1, -0.05) is 6.07 Å². The summed E-state index contributed by atoms with van der Waals surface area (Å²) >= 11 is 0. The molecule has 0 aromatic carbocycles. The molecule has 3 heterocycles. The molecular formula is C15H19N3O2. The van der Waals surface area contributed by atoms with Gasteiger partial charge in [-0.3, -0.25) is 9.69 Å². The standard InChI is InChI=1S/C15H19N3O2/c1-11-4-5-14-16-13(10-18(14)7-11)9-17-6-2-3-12(8-17)15(19)20/h4-5,7,10,12H,2-3,6,8-9H2,1H3,(H,19,20)/t12-/m0/s1. The second-order valence-corrected chi connectivity index (χ2v) is 5.62. The van der Waals surface area contributed by atoms with E-state index in [-0.39, 0.29) is 5.92 Å². The molecule has 0 unspecified atom stereocenters. The third-order valence-corrected chi connectivity index (χ3v) is 3.89. The van der Waals surface area contributed by atoms with Gasteiger partial charge >= 0.3 is 5.97 Å². The number of carboxylic acid groups (broad SMARTS) is 1. The van der Waals surface area contributed by atoms with Crippen LogP contribution < -0.4 is 0 Å². The summed E-state index contributed by atoms with van der Waals surface area (Å²) in [6.45, 7) is 4.37. The summed E-state index contributed by atoms with van der Waals surface area (Å²) in [6, 6.07) is 4.06. The lowest BCUT2D eigenvalue weighted by Crippen LogP contribution is -2.38. The van der Waals surface area contributed by atoms with Gasteiger partial charge in [0.2, 0.25) is 0 Å². The SMILES string of the molecule is Cc1ccc2nc(CN3CCC[C@H](C(=O)O)C3)cn2c1. The first-order valence-corrected chi connectivity index (χ1v) is 7.01. The van der Waals surface area contributed by atoms with E-state index in [9.17, 15) is 4.79 Å². The van der Waals surface area contributed by atoms with Crippen LogP contribution in [0, 0.1) is 12.8 Å². The van der Waals surface area contributed by atoms with E-state index in [1.165, 1.54) is 5.56 Å². The van der Waals surface area contributed by atoms with Gasteiger partial charge < -0.3 is 9.51 Å². The maximum Gasteiger partial charge on any atom is 0.307 e. The second kappa shape index (κ2) is 5.25. The van der Waals surface area contributed by atoms with Crippen LogP contribution in [0.15, 0.2) is 24.5 Å². The number of hydrogen-bond acceptors (Lipinski definition) is 3. The van der Waals surface area contributed by atoms with Crippen molar-refractivity contribution in [1.29, 1.82) is 0 Å². The van der Waals surface area contributed by atoms with Crippen LogP contribution >= 0.6 is 0 Å². The van der Waals surface area contributed by atoms with Crippen LogP contribution in [0.25, 0.3) is 5.65 Å². The van der Waals surface area contributed by atoms with Crippen LogP contribution in [0.3, 0.4) is 0 Å². The minimum absolute atomic E-state index is 0.233. The van der Waals surface area contributed by atoms with Crippen molar-refractivity contribution in [2.75, 3.05) is 13.1 Å². The van der Waals surface area contributed by atoms with E-state index >= 15 is 0 Å². The molecule has 1 aliphatic heterocycles. The molecule has 0 saturated carbocycles. The van der Waals surface area contributed by atoms with Crippen molar-refractivity contribution in [3.05, 3.63) is 35.8 Å². The van der Waals surface area contributed by atoms with Crippen LogP contribution in [-0.4, -0.2) is 38.4 Å². The maximum atomic E-state index is 11.1. The summed E-state index contributed by atoms with van der Waals surface area (Å²) in [4.78, 5) is 17.9. The van der Waals surface area contributed by atoms with E-state index in [0.29, 0.717) is 6.54 Å². The number of carbonyl (C=O) groups is 1. The normalized spacial score (nSPS) is 20.4. The second-order valence-electron chi connectivity index (χ2n) is 5.62. The average molecular weight is 273 g/mol. The van der Waals surface area contributed by atoms with Crippen molar-refractivity contribution < 1.29 is 9.90 Å². The summed E-state index contributed by atoms with van der Waals surface area (Å²) in [5.74, 6) is -0.914. The summed E-state index contributed by atoms with van der Waals surface area (Å²) in [5, 5.41) is 9.12. The first-order chi connectivity index (χ1) is 9.61. The molecule has 0 amide bonds.